The Morgan fingerprint density at radius 2 is 1.59 bits per heavy atom. The predicted molar refractivity (Wildman–Crippen MR) is 87.1 cm³/mol. The van der Waals surface area contributed by atoms with Crippen LogP contribution in [-0.2, 0) is 4.74 Å². The molecule has 22 heavy (non-hydrogen) atoms. The van der Waals surface area contributed by atoms with Gasteiger partial charge in [0.15, 0.2) is 0 Å². The zero-order valence-electron chi connectivity index (χ0n) is 12.8. The third kappa shape index (κ3) is 2.75. The van der Waals surface area contributed by atoms with Crippen LogP contribution >= 0.6 is 0 Å². The van der Waals surface area contributed by atoms with Crippen LogP contribution in [0.5, 0.6) is 0 Å². The van der Waals surface area contributed by atoms with Gasteiger partial charge in [-0.25, -0.2) is 4.79 Å². The highest BCUT2D eigenvalue weighted by atomic mass is 16.6. The summed E-state index contributed by atoms with van der Waals surface area (Å²) in [6.45, 7) is 4.01. The Balaban J connectivity index is 2.05. The number of amides is 1. The van der Waals surface area contributed by atoms with E-state index in [0.29, 0.717) is 5.76 Å². The maximum Gasteiger partial charge on any atom is 0.416 e. The van der Waals surface area contributed by atoms with Crippen LogP contribution in [0.25, 0.3) is 6.08 Å². The number of ether oxygens (including phenoxy) is 1. The smallest absolute Gasteiger partial charge is 0.412 e. The lowest BCUT2D eigenvalue weighted by atomic mass is 10.0. The van der Waals surface area contributed by atoms with Crippen molar-refractivity contribution in [2.24, 2.45) is 0 Å². The predicted octanol–water partition coefficient (Wildman–Crippen LogP) is 4.63. The van der Waals surface area contributed by atoms with Crippen LogP contribution in [0, 0.1) is 0 Å². The molecule has 0 spiro atoms. The maximum atomic E-state index is 12.3. The molecule has 112 valence electrons. The molecule has 1 amide bonds. The topological polar surface area (TPSA) is 29.5 Å². The summed E-state index contributed by atoms with van der Waals surface area (Å²) in [5.74, 6) is 0.677. The van der Waals surface area contributed by atoms with Gasteiger partial charge in [-0.1, -0.05) is 60.7 Å². The fourth-order valence-electron chi connectivity index (χ4n) is 2.74. The van der Waals surface area contributed by atoms with Crippen LogP contribution in [0.15, 0.2) is 66.4 Å². The van der Waals surface area contributed by atoms with E-state index in [1.54, 1.807) is 4.90 Å². The van der Waals surface area contributed by atoms with E-state index in [-0.39, 0.29) is 18.2 Å². The average Bonchev–Trinajstić information content (AvgIpc) is 2.85. The molecular weight excluding hydrogens is 274 g/mol. The van der Waals surface area contributed by atoms with Gasteiger partial charge in [0.05, 0.1) is 0 Å². The summed E-state index contributed by atoms with van der Waals surface area (Å²) in [5, 5.41) is 0. The lowest BCUT2D eigenvalue weighted by Crippen LogP contribution is -2.33. The Bertz CT molecular complexity index is 677. The zero-order valence-corrected chi connectivity index (χ0v) is 12.8. The summed E-state index contributed by atoms with van der Waals surface area (Å²) in [7, 11) is 0. The molecule has 0 N–H and O–H groups in total. The highest BCUT2D eigenvalue weighted by Crippen LogP contribution is 2.38. The minimum absolute atomic E-state index is 0.0689. The van der Waals surface area contributed by atoms with Gasteiger partial charge in [-0.05, 0) is 31.1 Å². The second kappa shape index (κ2) is 6.06. The highest BCUT2D eigenvalue weighted by Gasteiger charge is 2.40. The van der Waals surface area contributed by atoms with Gasteiger partial charge in [0.25, 0.3) is 0 Å². The molecule has 1 heterocycles. The van der Waals surface area contributed by atoms with Gasteiger partial charge in [0.2, 0.25) is 0 Å². The first-order chi connectivity index (χ1) is 10.7. The zero-order chi connectivity index (χ0) is 15.5. The molecule has 3 heteroatoms. The molecule has 0 bridgehead atoms. The number of carbonyl (C=O) groups excluding carboxylic acids is 1. The second-order valence-corrected chi connectivity index (χ2v) is 5.64. The Hall–Kier alpha value is -2.55. The third-order valence-electron chi connectivity index (χ3n) is 3.74. The van der Waals surface area contributed by atoms with E-state index < -0.39 is 0 Å². The van der Waals surface area contributed by atoms with Crippen molar-refractivity contribution in [1.82, 2.24) is 4.90 Å². The number of rotatable bonds is 3. The van der Waals surface area contributed by atoms with Crippen LogP contribution in [0.3, 0.4) is 0 Å². The van der Waals surface area contributed by atoms with Crippen molar-refractivity contribution in [3.63, 3.8) is 0 Å². The van der Waals surface area contributed by atoms with Gasteiger partial charge in [0, 0.05) is 6.04 Å². The molecule has 1 atom stereocenters. The molecule has 1 fully saturated rings. The molecule has 3 nitrogen and oxygen atoms in total. The highest BCUT2D eigenvalue weighted by molar-refractivity contribution is 5.76. The van der Waals surface area contributed by atoms with Crippen molar-refractivity contribution in [3.05, 3.63) is 77.5 Å². The molecule has 0 aromatic heterocycles. The fourth-order valence-corrected chi connectivity index (χ4v) is 2.74. The van der Waals surface area contributed by atoms with Crippen LogP contribution in [0.1, 0.15) is 31.0 Å². The first-order valence-electron chi connectivity index (χ1n) is 7.48. The number of hydrogen-bond acceptors (Lipinski definition) is 2. The van der Waals surface area contributed by atoms with E-state index in [4.69, 9.17) is 4.74 Å². The Morgan fingerprint density at radius 3 is 2.18 bits per heavy atom. The number of benzene rings is 2. The largest absolute Gasteiger partial charge is 0.416 e. The van der Waals surface area contributed by atoms with E-state index in [1.165, 1.54) is 0 Å². The molecule has 1 aliphatic rings. The number of hydrogen-bond donors (Lipinski definition) is 0. The van der Waals surface area contributed by atoms with Crippen LogP contribution in [-0.4, -0.2) is 17.0 Å². The quantitative estimate of drug-likeness (QED) is 0.825. The number of nitrogens with zero attached hydrogens (tertiary/aromatic N) is 1. The van der Waals surface area contributed by atoms with Gasteiger partial charge in [0.1, 0.15) is 11.8 Å². The minimum atomic E-state index is -0.286. The Labute approximate surface area is 130 Å². The normalized spacial score (nSPS) is 19.8. The van der Waals surface area contributed by atoms with Crippen molar-refractivity contribution in [1.29, 1.82) is 0 Å². The lowest BCUT2D eigenvalue weighted by molar-refractivity contribution is 0.154. The standard InChI is InChI=1S/C19H19NO2/c1-14(2)20-18(16-11-7-4-8-12-16)17(22-19(20)21)13-15-9-5-3-6-10-15/h3-14,18H,1-2H3/b17-13-. The summed E-state index contributed by atoms with van der Waals surface area (Å²) in [6, 6.07) is 19.8. The molecule has 0 aliphatic carbocycles. The van der Waals surface area contributed by atoms with E-state index in [0.717, 1.165) is 11.1 Å². The lowest BCUT2D eigenvalue weighted by Gasteiger charge is -2.25. The van der Waals surface area contributed by atoms with Crippen LogP contribution < -0.4 is 0 Å². The third-order valence-corrected chi connectivity index (χ3v) is 3.74. The first kappa shape index (κ1) is 14.4. The van der Waals surface area contributed by atoms with Gasteiger partial charge < -0.3 is 4.74 Å². The van der Waals surface area contributed by atoms with Crippen molar-refractivity contribution in [2.75, 3.05) is 0 Å². The summed E-state index contributed by atoms with van der Waals surface area (Å²) < 4.78 is 5.55. The molecule has 1 saturated heterocycles. The molecule has 1 aliphatic heterocycles. The van der Waals surface area contributed by atoms with Crippen LogP contribution in [0.2, 0.25) is 0 Å². The molecule has 3 rings (SSSR count). The number of carbonyl (C=O) groups is 1. The Morgan fingerprint density at radius 1 is 1.00 bits per heavy atom. The monoisotopic (exact) mass is 293 g/mol. The maximum absolute atomic E-state index is 12.3. The van der Waals surface area contributed by atoms with Gasteiger partial charge in [-0.2, -0.15) is 0 Å². The van der Waals surface area contributed by atoms with E-state index in [1.807, 2.05) is 80.6 Å². The summed E-state index contributed by atoms with van der Waals surface area (Å²) in [6.07, 6.45) is 1.66. The molecule has 0 saturated carbocycles. The van der Waals surface area contributed by atoms with Gasteiger partial charge in [-0.3, -0.25) is 4.90 Å². The van der Waals surface area contributed by atoms with E-state index in [9.17, 15) is 4.79 Å². The summed E-state index contributed by atoms with van der Waals surface area (Å²) in [5.41, 5.74) is 2.08. The first-order valence-corrected chi connectivity index (χ1v) is 7.48. The van der Waals surface area contributed by atoms with E-state index in [2.05, 4.69) is 0 Å². The molecule has 0 radical (unpaired) electrons. The van der Waals surface area contributed by atoms with Gasteiger partial charge in [-0.15, -0.1) is 0 Å². The summed E-state index contributed by atoms with van der Waals surface area (Å²) >= 11 is 0. The summed E-state index contributed by atoms with van der Waals surface area (Å²) in [4.78, 5) is 14.0. The Kier molecular flexibility index (Phi) is 3.96. The van der Waals surface area contributed by atoms with Crippen molar-refractivity contribution in [3.8, 4) is 0 Å². The molecular formula is C19H19NO2. The van der Waals surface area contributed by atoms with Crippen LogP contribution in [0.4, 0.5) is 4.79 Å². The number of cyclic esters (lactones) is 1. The molecule has 2 aromatic rings. The minimum Gasteiger partial charge on any atom is -0.412 e. The molecule has 2 aromatic carbocycles. The fraction of sp³-hybridized carbons (Fsp3) is 0.211. The van der Waals surface area contributed by atoms with Gasteiger partial charge >= 0.3 is 6.09 Å². The van der Waals surface area contributed by atoms with Crippen molar-refractivity contribution >= 4 is 12.2 Å². The average molecular weight is 293 g/mol. The van der Waals surface area contributed by atoms with E-state index >= 15 is 0 Å². The van der Waals surface area contributed by atoms with Crippen molar-refractivity contribution in [2.45, 2.75) is 25.9 Å². The van der Waals surface area contributed by atoms with Crippen molar-refractivity contribution < 1.29 is 9.53 Å². The SMILES string of the molecule is CC(C)N1C(=O)O/C(=C\c2ccccc2)C1c1ccccc1. The molecule has 1 unspecified atom stereocenters. The second-order valence-electron chi connectivity index (χ2n) is 5.64.